The number of fused-ring (bicyclic) bond motifs is 2. The molecule has 5 rings (SSSR count). The zero-order valence-electron chi connectivity index (χ0n) is 22.3. The van der Waals surface area contributed by atoms with Gasteiger partial charge in [0.25, 0.3) is 0 Å². The Labute approximate surface area is 237 Å². The van der Waals surface area contributed by atoms with E-state index in [0.29, 0.717) is 34.4 Å². The minimum Gasteiger partial charge on any atom is -0.383 e. The van der Waals surface area contributed by atoms with E-state index in [9.17, 15) is 23.7 Å². The van der Waals surface area contributed by atoms with Crippen molar-refractivity contribution in [2.24, 2.45) is 5.41 Å². The Morgan fingerprint density at radius 1 is 1.07 bits per heavy atom. The van der Waals surface area contributed by atoms with Crippen molar-refractivity contribution < 1.29 is 13.2 Å². The Hall–Kier alpha value is -4.75. The summed E-state index contributed by atoms with van der Waals surface area (Å²) in [6.45, 7) is 5.44. The van der Waals surface area contributed by atoms with Crippen molar-refractivity contribution >= 4 is 43.8 Å². The van der Waals surface area contributed by atoms with E-state index in [-0.39, 0.29) is 16.7 Å². The number of hydrogen-bond acceptors (Lipinski definition) is 9. The molecule has 2 aromatic carbocycles. The molecule has 0 saturated heterocycles. The Balaban J connectivity index is 1.65. The number of benzene rings is 2. The Morgan fingerprint density at radius 2 is 1.85 bits per heavy atom. The summed E-state index contributed by atoms with van der Waals surface area (Å²) in [6.07, 6.45) is -1.77. The van der Waals surface area contributed by atoms with Gasteiger partial charge in [-0.2, -0.15) is 23.7 Å². The van der Waals surface area contributed by atoms with Crippen molar-refractivity contribution in [3.8, 4) is 12.1 Å². The Morgan fingerprint density at radius 3 is 2.56 bits per heavy atom. The van der Waals surface area contributed by atoms with E-state index in [4.69, 9.17) is 0 Å². The van der Waals surface area contributed by atoms with Gasteiger partial charge in [-0.3, -0.25) is 4.98 Å². The van der Waals surface area contributed by atoms with Crippen molar-refractivity contribution in [3.63, 3.8) is 0 Å². The lowest BCUT2D eigenvalue weighted by Crippen LogP contribution is -2.20. The molecule has 0 aliphatic rings. The minimum atomic E-state index is -4.46. The number of alkyl halides is 3. The third-order valence-electron chi connectivity index (χ3n) is 6.21. The average Bonchev–Trinajstić information content (AvgIpc) is 3.58. The molecule has 0 aliphatic carbocycles. The SMILES string of the molecule is CC(C)(C)CNc1c(C#N)cnc2c(C#N)cc(NC(c3cn(CC(F)(F)F)nn3)c3cccc4ncsc34)cc12. The van der Waals surface area contributed by atoms with Crippen molar-refractivity contribution in [1.82, 2.24) is 25.0 Å². The molecular formula is C28H24F3N9S. The molecule has 0 fully saturated rings. The van der Waals surface area contributed by atoms with E-state index in [1.54, 1.807) is 17.6 Å². The molecule has 3 heterocycles. The number of halogens is 3. The molecule has 2 N–H and O–H groups in total. The van der Waals surface area contributed by atoms with Gasteiger partial charge in [0.2, 0.25) is 0 Å². The van der Waals surface area contributed by atoms with E-state index in [2.05, 4.69) is 63.8 Å². The molecule has 1 atom stereocenters. The number of thiazole rings is 1. The average molecular weight is 576 g/mol. The van der Waals surface area contributed by atoms with E-state index in [1.807, 2.05) is 18.2 Å². The molecule has 0 radical (unpaired) electrons. The van der Waals surface area contributed by atoms with Crippen molar-refractivity contribution in [2.75, 3.05) is 17.2 Å². The van der Waals surface area contributed by atoms with Crippen LogP contribution in [0.15, 0.2) is 48.2 Å². The summed E-state index contributed by atoms with van der Waals surface area (Å²) in [5, 5.41) is 34.8. The first-order valence-corrected chi connectivity index (χ1v) is 13.4. The smallest absolute Gasteiger partial charge is 0.383 e. The number of anilines is 2. The summed E-state index contributed by atoms with van der Waals surface area (Å²) in [5.41, 5.74) is 5.36. The fraction of sp³-hybridized carbons (Fsp3) is 0.286. The normalized spacial score (nSPS) is 12.7. The van der Waals surface area contributed by atoms with Gasteiger partial charge in [0.15, 0.2) is 0 Å². The maximum atomic E-state index is 13.1. The van der Waals surface area contributed by atoms with Gasteiger partial charge in [0.1, 0.15) is 24.4 Å². The molecule has 5 aromatic rings. The van der Waals surface area contributed by atoms with Crippen molar-refractivity contribution in [1.29, 1.82) is 10.5 Å². The van der Waals surface area contributed by atoms with Gasteiger partial charge in [-0.05, 0) is 29.2 Å². The van der Waals surface area contributed by atoms with Crippen LogP contribution in [0, 0.1) is 28.1 Å². The third-order valence-corrected chi connectivity index (χ3v) is 7.10. The summed E-state index contributed by atoms with van der Waals surface area (Å²) >= 11 is 1.40. The van der Waals surface area contributed by atoms with Gasteiger partial charge >= 0.3 is 6.18 Å². The summed E-state index contributed by atoms with van der Waals surface area (Å²) in [5.74, 6) is 0. The van der Waals surface area contributed by atoms with Crippen molar-refractivity contribution in [3.05, 3.63) is 70.6 Å². The molecule has 0 spiro atoms. The predicted octanol–water partition coefficient (Wildman–Crippen LogP) is 6.40. The molecule has 0 saturated carbocycles. The van der Waals surface area contributed by atoms with Gasteiger partial charge in [0.05, 0.1) is 50.3 Å². The lowest BCUT2D eigenvalue weighted by molar-refractivity contribution is -0.142. The summed E-state index contributed by atoms with van der Waals surface area (Å²) in [6, 6.07) is 12.5. The van der Waals surface area contributed by atoms with Crippen LogP contribution in [0.4, 0.5) is 24.5 Å². The van der Waals surface area contributed by atoms with Crippen LogP contribution in [0.2, 0.25) is 0 Å². The zero-order chi connectivity index (χ0) is 29.4. The second-order valence-electron chi connectivity index (χ2n) is 10.7. The first kappa shape index (κ1) is 27.8. The molecule has 1 unspecified atom stereocenters. The molecule has 41 heavy (non-hydrogen) atoms. The highest BCUT2D eigenvalue weighted by molar-refractivity contribution is 7.17. The molecule has 0 aliphatic heterocycles. The van der Waals surface area contributed by atoms with Crippen LogP contribution in [0.3, 0.4) is 0 Å². The topological polar surface area (TPSA) is 128 Å². The molecule has 13 heteroatoms. The number of nitrogens with one attached hydrogen (secondary N) is 2. The van der Waals surface area contributed by atoms with E-state index in [0.717, 1.165) is 20.5 Å². The van der Waals surface area contributed by atoms with E-state index < -0.39 is 18.8 Å². The molecule has 0 bridgehead atoms. The van der Waals surface area contributed by atoms with Crippen LogP contribution in [-0.4, -0.2) is 37.7 Å². The van der Waals surface area contributed by atoms with Gasteiger partial charge in [-0.1, -0.05) is 38.1 Å². The minimum absolute atomic E-state index is 0.100. The first-order valence-electron chi connectivity index (χ1n) is 12.5. The highest BCUT2D eigenvalue weighted by atomic mass is 32.1. The molecule has 3 aromatic heterocycles. The maximum absolute atomic E-state index is 13.1. The summed E-state index contributed by atoms with van der Waals surface area (Å²) in [4.78, 5) is 8.75. The van der Waals surface area contributed by atoms with Gasteiger partial charge in [-0.15, -0.1) is 16.4 Å². The lowest BCUT2D eigenvalue weighted by Gasteiger charge is -2.22. The molecule has 208 valence electrons. The van der Waals surface area contributed by atoms with Crippen LogP contribution in [0.5, 0.6) is 0 Å². The lowest BCUT2D eigenvalue weighted by atomic mass is 9.96. The van der Waals surface area contributed by atoms with Crippen LogP contribution in [0.25, 0.3) is 21.1 Å². The fourth-order valence-electron chi connectivity index (χ4n) is 4.42. The predicted molar refractivity (Wildman–Crippen MR) is 150 cm³/mol. The molecular weight excluding hydrogens is 551 g/mol. The van der Waals surface area contributed by atoms with E-state index >= 15 is 0 Å². The Kier molecular flexibility index (Phi) is 7.24. The number of nitriles is 2. The van der Waals surface area contributed by atoms with Gasteiger partial charge in [0, 0.05) is 23.8 Å². The second-order valence-corrected chi connectivity index (χ2v) is 11.5. The summed E-state index contributed by atoms with van der Waals surface area (Å²) < 4.78 is 40.8. The third kappa shape index (κ3) is 6.05. The highest BCUT2D eigenvalue weighted by Gasteiger charge is 2.30. The standard InChI is InChI=1S/C28H24F3N9S/c1-27(2,3)13-35-24-17(10-33)11-34-23-16(9-32)7-18(8-20(23)24)37-25(19-5-4-6-21-26(19)41-15-36-21)22-12-40(39-38-22)14-28(29,30)31/h4-8,11-12,15,25,37H,13-14H2,1-3H3,(H,34,35). The Bertz CT molecular complexity index is 1820. The van der Waals surface area contributed by atoms with E-state index in [1.165, 1.54) is 23.7 Å². The number of rotatable bonds is 7. The number of hydrogen-bond donors (Lipinski definition) is 2. The van der Waals surface area contributed by atoms with Crippen LogP contribution in [0.1, 0.15) is 49.2 Å². The molecule has 9 nitrogen and oxygen atoms in total. The first-order chi connectivity index (χ1) is 19.5. The molecule has 0 amide bonds. The zero-order valence-corrected chi connectivity index (χ0v) is 23.1. The number of aromatic nitrogens is 5. The quantitative estimate of drug-likeness (QED) is 0.228. The second kappa shape index (κ2) is 10.7. The maximum Gasteiger partial charge on any atom is 0.408 e. The highest BCUT2D eigenvalue weighted by Crippen LogP contribution is 2.36. The van der Waals surface area contributed by atoms with Crippen LogP contribution >= 0.6 is 11.3 Å². The van der Waals surface area contributed by atoms with Crippen LogP contribution in [-0.2, 0) is 6.54 Å². The number of pyridine rings is 1. The largest absolute Gasteiger partial charge is 0.408 e. The summed E-state index contributed by atoms with van der Waals surface area (Å²) in [7, 11) is 0. The fourth-order valence-corrected chi connectivity index (χ4v) is 5.26. The van der Waals surface area contributed by atoms with Crippen molar-refractivity contribution in [2.45, 2.75) is 39.5 Å². The van der Waals surface area contributed by atoms with Gasteiger partial charge < -0.3 is 10.6 Å². The van der Waals surface area contributed by atoms with Gasteiger partial charge in [-0.25, -0.2) is 9.67 Å². The van der Waals surface area contributed by atoms with Crippen LogP contribution < -0.4 is 10.6 Å². The monoisotopic (exact) mass is 575 g/mol. The number of nitrogens with zero attached hydrogens (tertiary/aromatic N) is 7.